The van der Waals surface area contributed by atoms with E-state index in [9.17, 15) is 19.5 Å². The van der Waals surface area contributed by atoms with Gasteiger partial charge in [0.25, 0.3) is 0 Å². The highest BCUT2D eigenvalue weighted by Gasteiger charge is 2.28. The molecule has 0 fully saturated rings. The summed E-state index contributed by atoms with van der Waals surface area (Å²) >= 11 is 1.50. The molecule has 28 heavy (non-hydrogen) atoms. The predicted molar refractivity (Wildman–Crippen MR) is 110 cm³/mol. The lowest BCUT2D eigenvalue weighted by Crippen LogP contribution is -2.54. The number of nitrogens with two attached hydrogens (primary N) is 1. The number of thioether (sulfide) groups is 1. The molecule has 2 amide bonds. The normalized spacial score (nSPS) is 14.2. The van der Waals surface area contributed by atoms with Crippen molar-refractivity contribution < 1.29 is 19.5 Å². The van der Waals surface area contributed by atoms with Crippen LogP contribution < -0.4 is 16.4 Å². The van der Waals surface area contributed by atoms with Gasteiger partial charge in [-0.15, -0.1) is 0 Å². The number of aromatic nitrogens is 1. The van der Waals surface area contributed by atoms with E-state index < -0.39 is 35.9 Å². The van der Waals surface area contributed by atoms with Crippen LogP contribution in [0.15, 0.2) is 30.5 Å². The fraction of sp³-hybridized carbons (Fsp3) is 0.421. The summed E-state index contributed by atoms with van der Waals surface area (Å²) in [5, 5.41) is 15.5. The molecule has 0 saturated carbocycles. The maximum Gasteiger partial charge on any atom is 0.326 e. The van der Waals surface area contributed by atoms with E-state index in [1.165, 1.54) is 18.7 Å². The molecule has 8 nitrogen and oxygen atoms in total. The van der Waals surface area contributed by atoms with Gasteiger partial charge in [-0.25, -0.2) is 4.79 Å². The molecule has 6 N–H and O–H groups in total. The first kappa shape index (κ1) is 21.8. The maximum atomic E-state index is 12.8. The van der Waals surface area contributed by atoms with E-state index in [1.54, 1.807) is 6.20 Å². The van der Waals surface area contributed by atoms with Crippen LogP contribution in [-0.4, -0.2) is 58.0 Å². The van der Waals surface area contributed by atoms with Gasteiger partial charge in [-0.05, 0) is 37.0 Å². The van der Waals surface area contributed by atoms with Gasteiger partial charge >= 0.3 is 5.97 Å². The molecule has 1 aromatic heterocycles. The number of amides is 2. The van der Waals surface area contributed by atoms with Crippen molar-refractivity contribution in [2.24, 2.45) is 5.73 Å². The molecule has 1 aromatic carbocycles. The Labute approximate surface area is 167 Å². The lowest BCUT2D eigenvalue weighted by atomic mass is 10.0. The molecule has 3 atom stereocenters. The van der Waals surface area contributed by atoms with Crippen molar-refractivity contribution in [2.75, 3.05) is 12.0 Å². The second-order valence-corrected chi connectivity index (χ2v) is 7.58. The van der Waals surface area contributed by atoms with E-state index in [2.05, 4.69) is 15.6 Å². The van der Waals surface area contributed by atoms with E-state index >= 15 is 0 Å². The number of carboxylic acid groups (broad SMARTS) is 1. The Bertz CT molecular complexity index is 836. The van der Waals surface area contributed by atoms with Crippen molar-refractivity contribution in [2.45, 2.75) is 37.9 Å². The van der Waals surface area contributed by atoms with E-state index in [1.807, 2.05) is 30.5 Å². The van der Waals surface area contributed by atoms with Crippen LogP contribution in [0.25, 0.3) is 10.9 Å². The molecule has 152 valence electrons. The van der Waals surface area contributed by atoms with Crippen LogP contribution >= 0.6 is 11.8 Å². The Morgan fingerprint density at radius 3 is 2.50 bits per heavy atom. The number of hydrogen-bond acceptors (Lipinski definition) is 5. The Balaban J connectivity index is 2.21. The quantitative estimate of drug-likeness (QED) is 0.397. The summed E-state index contributed by atoms with van der Waals surface area (Å²) in [7, 11) is 0. The lowest BCUT2D eigenvalue weighted by Gasteiger charge is -2.22. The topological polar surface area (TPSA) is 137 Å². The molecular formula is C19H26N4O4S. The standard InChI is InChI=1S/C19H26N4O4S/c1-11(20)17(24)23-16(18(25)22-15(19(26)27)7-8-28-2)9-12-10-21-14-6-4-3-5-13(12)14/h3-6,10-11,15-16,21H,7-9,20H2,1-2H3,(H,22,25)(H,23,24)(H,26,27)/t11-,15-,16-/m0/s1. The minimum atomic E-state index is -1.10. The van der Waals surface area contributed by atoms with Crippen molar-refractivity contribution >= 4 is 40.4 Å². The van der Waals surface area contributed by atoms with Crippen LogP contribution in [0.1, 0.15) is 18.9 Å². The molecule has 0 radical (unpaired) electrons. The first-order valence-electron chi connectivity index (χ1n) is 8.96. The second kappa shape index (κ2) is 10.1. The highest BCUT2D eigenvalue weighted by molar-refractivity contribution is 7.98. The van der Waals surface area contributed by atoms with E-state index in [0.717, 1.165) is 16.5 Å². The van der Waals surface area contributed by atoms with Gasteiger partial charge in [0.1, 0.15) is 12.1 Å². The molecule has 0 unspecified atom stereocenters. The molecule has 0 bridgehead atoms. The molecule has 0 aliphatic rings. The molecule has 0 saturated heterocycles. The van der Waals surface area contributed by atoms with Gasteiger partial charge in [-0.1, -0.05) is 18.2 Å². The number of benzene rings is 1. The molecule has 0 spiro atoms. The fourth-order valence-corrected chi connectivity index (χ4v) is 3.27. The first-order valence-corrected chi connectivity index (χ1v) is 10.4. The van der Waals surface area contributed by atoms with Crippen LogP contribution in [-0.2, 0) is 20.8 Å². The van der Waals surface area contributed by atoms with Gasteiger partial charge in [-0.2, -0.15) is 11.8 Å². The molecule has 0 aliphatic heterocycles. The number of carbonyl (C=O) groups is 3. The van der Waals surface area contributed by atoms with Crippen LogP contribution in [0.5, 0.6) is 0 Å². The summed E-state index contributed by atoms with van der Waals surface area (Å²) in [6, 6.07) is 4.88. The fourth-order valence-electron chi connectivity index (χ4n) is 2.80. The number of hydrogen-bond donors (Lipinski definition) is 5. The highest BCUT2D eigenvalue weighted by Crippen LogP contribution is 2.19. The molecule has 2 rings (SSSR count). The third-order valence-corrected chi connectivity index (χ3v) is 5.01. The maximum absolute atomic E-state index is 12.8. The van der Waals surface area contributed by atoms with Crippen molar-refractivity contribution in [3.8, 4) is 0 Å². The number of rotatable bonds is 10. The monoisotopic (exact) mass is 406 g/mol. The summed E-state index contributed by atoms with van der Waals surface area (Å²) < 4.78 is 0. The third-order valence-electron chi connectivity index (χ3n) is 4.37. The summed E-state index contributed by atoms with van der Waals surface area (Å²) in [4.78, 5) is 39.5. The van der Waals surface area contributed by atoms with Crippen LogP contribution in [0.3, 0.4) is 0 Å². The van der Waals surface area contributed by atoms with Crippen molar-refractivity contribution in [1.82, 2.24) is 15.6 Å². The lowest BCUT2D eigenvalue weighted by molar-refractivity contribution is -0.142. The highest BCUT2D eigenvalue weighted by atomic mass is 32.2. The Kier molecular flexibility index (Phi) is 7.89. The molecule has 2 aromatic rings. The van der Waals surface area contributed by atoms with Crippen LogP contribution in [0.2, 0.25) is 0 Å². The smallest absolute Gasteiger partial charge is 0.326 e. The molecule has 9 heteroatoms. The van der Waals surface area contributed by atoms with E-state index in [-0.39, 0.29) is 6.42 Å². The van der Waals surface area contributed by atoms with Crippen LogP contribution in [0, 0.1) is 0 Å². The van der Waals surface area contributed by atoms with Crippen molar-refractivity contribution in [3.63, 3.8) is 0 Å². The predicted octanol–water partition coefficient (Wildman–Crippen LogP) is 0.865. The Morgan fingerprint density at radius 1 is 1.18 bits per heavy atom. The number of aliphatic carboxylic acids is 1. The average Bonchev–Trinajstić information content (AvgIpc) is 3.07. The number of carboxylic acids is 1. The largest absolute Gasteiger partial charge is 0.480 e. The minimum absolute atomic E-state index is 0.211. The summed E-state index contributed by atoms with van der Waals surface area (Å²) in [5.41, 5.74) is 7.38. The average molecular weight is 407 g/mol. The van der Waals surface area contributed by atoms with Gasteiger partial charge in [0.05, 0.1) is 6.04 Å². The third kappa shape index (κ3) is 5.74. The number of fused-ring (bicyclic) bond motifs is 1. The van der Waals surface area contributed by atoms with Gasteiger partial charge in [0, 0.05) is 23.5 Å². The Hall–Kier alpha value is -2.52. The van der Waals surface area contributed by atoms with Crippen molar-refractivity contribution in [1.29, 1.82) is 0 Å². The van der Waals surface area contributed by atoms with E-state index in [0.29, 0.717) is 12.2 Å². The van der Waals surface area contributed by atoms with Crippen molar-refractivity contribution in [3.05, 3.63) is 36.0 Å². The van der Waals surface area contributed by atoms with Gasteiger partial charge < -0.3 is 26.5 Å². The van der Waals surface area contributed by atoms with Gasteiger partial charge in [0.2, 0.25) is 11.8 Å². The first-order chi connectivity index (χ1) is 13.3. The second-order valence-electron chi connectivity index (χ2n) is 6.59. The zero-order chi connectivity index (χ0) is 20.7. The van der Waals surface area contributed by atoms with Gasteiger partial charge in [-0.3, -0.25) is 9.59 Å². The van der Waals surface area contributed by atoms with E-state index in [4.69, 9.17) is 5.73 Å². The van der Waals surface area contributed by atoms with Crippen LogP contribution in [0.4, 0.5) is 0 Å². The summed E-state index contributed by atoms with van der Waals surface area (Å²) in [6.07, 6.45) is 4.15. The van der Waals surface area contributed by atoms with Gasteiger partial charge in [0.15, 0.2) is 0 Å². The Morgan fingerprint density at radius 2 is 1.86 bits per heavy atom. The minimum Gasteiger partial charge on any atom is -0.480 e. The zero-order valence-electron chi connectivity index (χ0n) is 15.9. The summed E-state index contributed by atoms with van der Waals surface area (Å²) in [5.74, 6) is -1.54. The number of carbonyl (C=O) groups excluding carboxylic acids is 2. The number of nitrogens with one attached hydrogen (secondary N) is 3. The SMILES string of the molecule is CSCC[C@H](NC(=O)[C@H](Cc1c[nH]c2ccccc12)NC(=O)[C@H](C)N)C(=O)O. The number of H-pyrrole nitrogens is 1. The zero-order valence-corrected chi connectivity index (χ0v) is 16.7. The molecule has 0 aliphatic carbocycles. The summed E-state index contributed by atoms with van der Waals surface area (Å²) in [6.45, 7) is 1.52. The number of aromatic amines is 1. The molecular weight excluding hydrogens is 380 g/mol. The molecule has 1 heterocycles. The number of para-hydroxylation sites is 1.